The molecule has 4 amide bonds. The lowest BCUT2D eigenvalue weighted by Gasteiger charge is -2.32. The Morgan fingerprint density at radius 2 is 0.876 bits per heavy atom. The lowest BCUT2D eigenvalue weighted by Crippen LogP contribution is -2.52. The lowest BCUT2D eigenvalue weighted by molar-refractivity contribution is -0.132. The molecule has 8 rings (SSSR count). The molecule has 0 aliphatic carbocycles. The summed E-state index contributed by atoms with van der Waals surface area (Å²) in [4.78, 5) is 116. The van der Waals surface area contributed by atoms with Crippen LogP contribution in [0, 0.1) is 0 Å². The number of Topliss-reactive ketones (excluding diaryl/α,β-unsaturated/α-hetero) is 2. The molecule has 26 heteroatoms. The van der Waals surface area contributed by atoms with Crippen molar-refractivity contribution < 1.29 is 89.6 Å². The van der Waals surface area contributed by atoms with E-state index >= 15 is 18.0 Å². The van der Waals surface area contributed by atoms with Crippen LogP contribution in [0.5, 0.6) is 23.0 Å². The number of phenols is 2. The van der Waals surface area contributed by atoms with Gasteiger partial charge in [0.15, 0.2) is 17.2 Å². The summed E-state index contributed by atoms with van der Waals surface area (Å²) in [6, 6.07) is 30.5. The highest BCUT2D eigenvalue weighted by Crippen LogP contribution is 2.55. The first kappa shape index (κ1) is 66.7. The average molecular weight is 1490 g/mol. The first-order valence-electron chi connectivity index (χ1n) is 26.8. The number of halogens is 4. The fourth-order valence-electron chi connectivity index (χ4n) is 9.67. The van der Waals surface area contributed by atoms with Crippen molar-refractivity contribution in [3.63, 3.8) is 0 Å². The Hall–Kier alpha value is -8.27. The van der Waals surface area contributed by atoms with Gasteiger partial charge in [-0.15, -0.1) is 0 Å². The number of rotatable bonds is 20. The molecule has 1 aliphatic rings. The van der Waals surface area contributed by atoms with Crippen LogP contribution >= 0.6 is 63.7 Å². The molecule has 2 N–H and O–H groups in total. The number of amides is 4. The van der Waals surface area contributed by atoms with Gasteiger partial charge >= 0.3 is 36.3 Å². The predicted octanol–water partition coefficient (Wildman–Crippen LogP) is 13.2. The van der Waals surface area contributed by atoms with Crippen LogP contribution in [0.4, 0.5) is 19.2 Å². The minimum atomic E-state index is -5.56. The Morgan fingerprint density at radius 1 is 0.506 bits per heavy atom. The normalized spacial score (nSPS) is 13.3. The molecule has 0 radical (unpaired) electrons. The molecule has 7 aromatic rings. The van der Waals surface area contributed by atoms with Gasteiger partial charge in [0.1, 0.15) is 53.2 Å². The molecular weight excluding hydrogens is 1440 g/mol. The van der Waals surface area contributed by atoms with E-state index in [-0.39, 0.29) is 69.7 Å². The number of carbonyl (C=O) groups is 8. The largest absolute Gasteiger partial charge is 0.506 e. The zero-order valence-electron chi connectivity index (χ0n) is 47.4. The van der Waals surface area contributed by atoms with Crippen LogP contribution in [0.1, 0.15) is 87.4 Å². The topological polar surface area (TPSA) is 282 Å². The maximum atomic E-state index is 16.8. The van der Waals surface area contributed by atoms with Crippen LogP contribution in [-0.2, 0) is 74.5 Å². The highest BCUT2D eigenvalue weighted by molar-refractivity contribution is 9.11. The molecule has 0 fully saturated rings. The average Bonchev–Trinajstić information content (AvgIpc) is 1.56. The molecule has 2 atom stereocenters. The van der Waals surface area contributed by atoms with Crippen molar-refractivity contribution in [1.82, 2.24) is 9.80 Å². The summed E-state index contributed by atoms with van der Waals surface area (Å²) in [7, 11) is -5.56. The van der Waals surface area contributed by atoms with Crippen LogP contribution in [0.3, 0.4) is 0 Å². The van der Waals surface area contributed by atoms with E-state index in [4.69, 9.17) is 32.6 Å². The summed E-state index contributed by atoms with van der Waals surface area (Å²) in [5.41, 5.74) is -3.71. The SMILES string of the molecule is CCOC(=O)N(C(=O)OCc1ccccc1)[C@@H](Cc1ccc(OC(C)=O)cc1)C(=O)c1ccc2c(c1C(=O)[C@H](Cc1ccc(OC(C)=O)cc1)N(C(=O)OCC)C(=O)OCc1ccccc1)S(=O)(=O)OC2(c1cc(Br)c(O)c(Br)c1)c1cc(Br)c(O)c(Br)c1. The number of esters is 2. The van der Waals surface area contributed by atoms with Gasteiger partial charge < -0.3 is 38.6 Å². The molecule has 1 heterocycles. The Kier molecular flexibility index (Phi) is 21.7. The summed E-state index contributed by atoms with van der Waals surface area (Å²) >= 11 is 13.3. The number of fused-ring (bicyclic) bond motifs is 1. The number of carbonyl (C=O) groups excluding carboxylic acids is 8. The number of phenolic OH excluding ortho intramolecular Hbond substituents is 2. The molecule has 1 aliphatic heterocycles. The van der Waals surface area contributed by atoms with Crippen LogP contribution in [0.25, 0.3) is 0 Å². The van der Waals surface area contributed by atoms with Gasteiger partial charge in [-0.05, 0) is 159 Å². The second-order valence-corrected chi connectivity index (χ2v) is 24.4. The van der Waals surface area contributed by atoms with Gasteiger partial charge in [-0.2, -0.15) is 8.42 Å². The number of aromatic hydroxyl groups is 2. The van der Waals surface area contributed by atoms with Gasteiger partial charge in [-0.3, -0.25) is 19.2 Å². The van der Waals surface area contributed by atoms with E-state index in [2.05, 4.69) is 63.7 Å². The van der Waals surface area contributed by atoms with Crippen molar-refractivity contribution in [2.75, 3.05) is 13.2 Å². The molecule has 0 bridgehead atoms. The van der Waals surface area contributed by atoms with Gasteiger partial charge in [-0.1, -0.05) is 97.1 Å². The second-order valence-electron chi connectivity index (χ2n) is 19.5. The van der Waals surface area contributed by atoms with Gasteiger partial charge in [0.2, 0.25) is 0 Å². The zero-order chi connectivity index (χ0) is 64.5. The number of benzene rings is 7. The first-order chi connectivity index (χ1) is 42.4. The number of ketones is 2. The third-order valence-electron chi connectivity index (χ3n) is 13.6. The van der Waals surface area contributed by atoms with E-state index in [9.17, 15) is 39.0 Å². The maximum Gasteiger partial charge on any atom is 0.420 e. The Morgan fingerprint density at radius 3 is 1.25 bits per heavy atom. The van der Waals surface area contributed by atoms with Gasteiger partial charge in [0.05, 0.1) is 36.7 Å². The molecule has 89 heavy (non-hydrogen) atoms. The van der Waals surface area contributed by atoms with Crippen LogP contribution in [0.2, 0.25) is 0 Å². The Balaban J connectivity index is 1.48. The summed E-state index contributed by atoms with van der Waals surface area (Å²) in [6.45, 7) is 3.48. The van der Waals surface area contributed by atoms with E-state index in [0.29, 0.717) is 20.9 Å². The molecular formula is C63H52Br4N2O19S. The van der Waals surface area contributed by atoms with Crippen molar-refractivity contribution in [2.45, 2.75) is 76.3 Å². The molecule has 7 aromatic carbocycles. The Bertz CT molecular complexity index is 3900. The van der Waals surface area contributed by atoms with E-state index in [0.717, 1.165) is 19.1 Å². The van der Waals surface area contributed by atoms with E-state index in [1.54, 1.807) is 60.7 Å². The van der Waals surface area contributed by atoms with E-state index in [1.165, 1.54) is 93.6 Å². The molecule has 462 valence electrons. The standard InChI is InChI=1S/C63H52Br4N2O19S/c1-5-82-59(76)68(61(78)84-33-39-13-9-7-10-14-39)51(27-37-17-21-43(22-18-37)86-35(3)70)54(72)45-25-26-46-58(89(80,81)88-63(46,41-29-47(64)55(73)48(65)30-41)42-31-49(66)56(74)50(67)32-42)53(45)57(75)52(28-38-19-23-44(24-20-38)87-36(4)71)69(60(77)83-6-2)62(79)85-34-40-15-11-8-12-16-40/h7-26,29-32,51-52,73-74H,5-6,27-28,33-34H2,1-4H3/t51-,52-/m0/s1. The molecule has 0 aromatic heterocycles. The molecule has 0 saturated carbocycles. The summed E-state index contributed by atoms with van der Waals surface area (Å²) in [5, 5.41) is 22.1. The summed E-state index contributed by atoms with van der Waals surface area (Å²) < 4.78 is 70.8. The maximum absolute atomic E-state index is 16.8. The van der Waals surface area contributed by atoms with Crippen molar-refractivity contribution in [3.8, 4) is 23.0 Å². The second kappa shape index (κ2) is 28.9. The number of ether oxygens (including phenoxy) is 6. The quantitative estimate of drug-likeness (QED) is 0.0236. The van der Waals surface area contributed by atoms with Crippen molar-refractivity contribution >= 4 is 122 Å². The van der Waals surface area contributed by atoms with Crippen molar-refractivity contribution in [3.05, 3.63) is 214 Å². The summed E-state index contributed by atoms with van der Waals surface area (Å²) in [6.07, 6.45) is -7.18. The van der Waals surface area contributed by atoms with Gasteiger partial charge in [-0.25, -0.2) is 33.2 Å². The fourth-order valence-corrected chi connectivity index (χ4v) is 13.7. The fraction of sp³-hybridized carbons (Fsp3) is 0.206. The minimum Gasteiger partial charge on any atom is -0.506 e. The van der Waals surface area contributed by atoms with Crippen molar-refractivity contribution in [2.24, 2.45) is 0 Å². The molecule has 0 saturated heterocycles. The number of imide groups is 2. The lowest BCUT2D eigenvalue weighted by atomic mass is 9.78. The van der Waals surface area contributed by atoms with Gasteiger partial charge in [0, 0.05) is 37.8 Å². The highest BCUT2D eigenvalue weighted by Gasteiger charge is 2.56. The third kappa shape index (κ3) is 15.1. The monoisotopic (exact) mass is 1490 g/mol. The molecule has 21 nitrogen and oxygen atoms in total. The molecule has 0 unspecified atom stereocenters. The number of hydrogen-bond donors (Lipinski definition) is 2. The van der Waals surface area contributed by atoms with Gasteiger partial charge in [0.25, 0.3) is 10.1 Å². The van der Waals surface area contributed by atoms with E-state index < -0.39 is 130 Å². The summed E-state index contributed by atoms with van der Waals surface area (Å²) in [5.74, 6) is -4.72. The smallest absolute Gasteiger partial charge is 0.420 e. The highest BCUT2D eigenvalue weighted by atomic mass is 79.9. The predicted molar refractivity (Wildman–Crippen MR) is 332 cm³/mol. The zero-order valence-corrected chi connectivity index (χ0v) is 54.6. The number of nitrogens with zero attached hydrogens (tertiary/aromatic N) is 2. The number of hydrogen-bond acceptors (Lipinski definition) is 19. The minimum absolute atomic E-state index is 0.00322. The van der Waals surface area contributed by atoms with Crippen molar-refractivity contribution in [1.29, 1.82) is 0 Å². The first-order valence-corrected chi connectivity index (χ1v) is 31.4. The van der Waals surface area contributed by atoms with Crippen LogP contribution < -0.4 is 9.47 Å². The Labute approximate surface area is 543 Å². The van der Waals surface area contributed by atoms with Crippen LogP contribution in [0.15, 0.2) is 168 Å². The van der Waals surface area contributed by atoms with E-state index in [1.807, 2.05) is 0 Å². The molecule has 0 spiro atoms. The van der Waals surface area contributed by atoms with Crippen LogP contribution in [-0.4, -0.2) is 102 Å². The third-order valence-corrected chi connectivity index (χ3v) is 17.4.